The van der Waals surface area contributed by atoms with Crippen LogP contribution in [0.3, 0.4) is 0 Å². The molecule has 9 heteroatoms. The van der Waals surface area contributed by atoms with Crippen LogP contribution in [-0.2, 0) is 11.4 Å². The van der Waals surface area contributed by atoms with E-state index >= 15 is 0 Å². The minimum Gasteiger partial charge on any atom is -0.497 e. The topological polar surface area (TPSA) is 87.9 Å². The number of methoxy groups -OCH3 is 1. The first kappa shape index (κ1) is 19.6. The van der Waals surface area contributed by atoms with Crippen molar-refractivity contribution in [1.29, 1.82) is 0 Å². The summed E-state index contributed by atoms with van der Waals surface area (Å²) in [5, 5.41) is 11.4. The van der Waals surface area contributed by atoms with Gasteiger partial charge in [0.05, 0.1) is 16.5 Å². The molecule has 0 radical (unpaired) electrons. The third-order valence-corrected chi connectivity index (χ3v) is 3.85. The lowest BCUT2D eigenvalue weighted by Crippen LogP contribution is -2.10. The van der Waals surface area contributed by atoms with E-state index in [1.165, 1.54) is 14.0 Å². The number of Topliss-reactive ketones (excluding diaryl/α,β-unsaturated/α-hetero) is 1. The Labute approximate surface area is 157 Å². The summed E-state index contributed by atoms with van der Waals surface area (Å²) in [7, 11) is 1.52. The van der Waals surface area contributed by atoms with Gasteiger partial charge in [-0.25, -0.2) is 4.39 Å². The Bertz CT molecular complexity index is 825. The standard InChI is InChI=1S/C17H15BrFNO6/c1-10(21)8-25-16-13(18)7-14(19)17(15(16)20(22)23)26-9-11-3-5-12(24-2)6-4-11/h3-7H,8-9H2,1-2H3. The Kier molecular flexibility index (Phi) is 6.51. The molecule has 0 bridgehead atoms. The molecule has 0 saturated carbocycles. The van der Waals surface area contributed by atoms with Crippen molar-refractivity contribution in [3.63, 3.8) is 0 Å². The number of carbonyl (C=O) groups is 1. The smallest absolute Gasteiger partial charge is 0.356 e. The monoisotopic (exact) mass is 427 g/mol. The van der Waals surface area contributed by atoms with Gasteiger partial charge in [0.1, 0.15) is 19.0 Å². The average Bonchev–Trinajstić information content (AvgIpc) is 2.59. The van der Waals surface area contributed by atoms with Gasteiger partial charge in [0.15, 0.2) is 11.6 Å². The highest BCUT2D eigenvalue weighted by Crippen LogP contribution is 2.44. The van der Waals surface area contributed by atoms with Crippen molar-refractivity contribution in [2.45, 2.75) is 13.5 Å². The van der Waals surface area contributed by atoms with E-state index in [-0.39, 0.29) is 29.2 Å². The number of carbonyl (C=O) groups excluding carboxylic acids is 1. The number of hydrogen-bond acceptors (Lipinski definition) is 6. The van der Waals surface area contributed by atoms with E-state index in [9.17, 15) is 19.3 Å². The molecule has 0 saturated heterocycles. The Hall–Kier alpha value is -2.68. The lowest BCUT2D eigenvalue weighted by molar-refractivity contribution is -0.387. The fourth-order valence-corrected chi connectivity index (χ4v) is 2.57. The van der Waals surface area contributed by atoms with Gasteiger partial charge in [0, 0.05) is 0 Å². The van der Waals surface area contributed by atoms with Crippen LogP contribution in [0.15, 0.2) is 34.8 Å². The zero-order chi connectivity index (χ0) is 19.3. The molecule has 0 N–H and O–H groups in total. The lowest BCUT2D eigenvalue weighted by atomic mass is 10.2. The molecule has 0 aliphatic heterocycles. The molecule has 138 valence electrons. The Morgan fingerprint density at radius 1 is 1.23 bits per heavy atom. The van der Waals surface area contributed by atoms with Gasteiger partial charge in [-0.1, -0.05) is 12.1 Å². The second-order valence-corrected chi connectivity index (χ2v) is 6.09. The summed E-state index contributed by atoms with van der Waals surface area (Å²) < 4.78 is 29.8. The van der Waals surface area contributed by atoms with Gasteiger partial charge in [-0.15, -0.1) is 0 Å². The predicted octanol–water partition coefficient (Wildman–Crippen LogP) is 4.05. The zero-order valence-corrected chi connectivity index (χ0v) is 15.5. The Morgan fingerprint density at radius 3 is 2.42 bits per heavy atom. The van der Waals surface area contributed by atoms with Gasteiger partial charge in [0.25, 0.3) is 0 Å². The Morgan fingerprint density at radius 2 is 1.88 bits per heavy atom. The zero-order valence-electron chi connectivity index (χ0n) is 14.0. The number of nitro benzene ring substituents is 1. The first-order valence-corrected chi connectivity index (χ1v) is 8.17. The van der Waals surface area contributed by atoms with Crippen LogP contribution < -0.4 is 14.2 Å². The summed E-state index contributed by atoms with van der Waals surface area (Å²) in [4.78, 5) is 21.7. The first-order valence-electron chi connectivity index (χ1n) is 7.37. The second kappa shape index (κ2) is 8.61. The van der Waals surface area contributed by atoms with Crippen LogP contribution >= 0.6 is 15.9 Å². The van der Waals surface area contributed by atoms with Crippen molar-refractivity contribution >= 4 is 27.4 Å². The van der Waals surface area contributed by atoms with Crippen molar-refractivity contribution in [1.82, 2.24) is 0 Å². The largest absolute Gasteiger partial charge is 0.497 e. The molecule has 0 aromatic heterocycles. The molecule has 0 unspecified atom stereocenters. The molecule has 2 aromatic carbocycles. The summed E-state index contributed by atoms with van der Waals surface area (Å²) in [6.07, 6.45) is 0. The molecule has 0 heterocycles. The van der Waals surface area contributed by atoms with Gasteiger partial charge in [-0.3, -0.25) is 14.9 Å². The summed E-state index contributed by atoms with van der Waals surface area (Å²) in [5.41, 5.74) is -0.0275. The van der Waals surface area contributed by atoms with E-state index in [1.54, 1.807) is 24.3 Å². The maximum atomic E-state index is 14.3. The number of nitrogens with zero attached hydrogens (tertiary/aromatic N) is 1. The van der Waals surface area contributed by atoms with Crippen LogP contribution in [0.2, 0.25) is 0 Å². The maximum absolute atomic E-state index is 14.3. The molecular weight excluding hydrogens is 413 g/mol. The van der Waals surface area contributed by atoms with Crippen LogP contribution in [0.25, 0.3) is 0 Å². The molecule has 0 fully saturated rings. The number of hydrogen-bond donors (Lipinski definition) is 0. The summed E-state index contributed by atoms with van der Waals surface area (Å²) in [6, 6.07) is 7.74. The van der Waals surface area contributed by atoms with E-state index in [2.05, 4.69) is 15.9 Å². The highest BCUT2D eigenvalue weighted by Gasteiger charge is 2.30. The first-order chi connectivity index (χ1) is 12.3. The SMILES string of the molecule is COc1ccc(COc2c(F)cc(Br)c(OCC(C)=O)c2[N+](=O)[O-])cc1. The van der Waals surface area contributed by atoms with Crippen molar-refractivity contribution in [2.24, 2.45) is 0 Å². The van der Waals surface area contributed by atoms with E-state index in [1.807, 2.05) is 0 Å². The molecular formula is C17H15BrFNO6. The van der Waals surface area contributed by atoms with Crippen LogP contribution in [-0.4, -0.2) is 24.4 Å². The van der Waals surface area contributed by atoms with Crippen molar-refractivity contribution in [3.05, 3.63) is 56.3 Å². The minimum atomic E-state index is -0.924. The summed E-state index contributed by atoms with van der Waals surface area (Å²) in [5.74, 6) is -1.46. The third-order valence-electron chi connectivity index (χ3n) is 3.26. The molecule has 0 aliphatic rings. The molecule has 0 atom stereocenters. The normalized spacial score (nSPS) is 10.3. The van der Waals surface area contributed by atoms with Crippen LogP contribution in [0.5, 0.6) is 17.2 Å². The van der Waals surface area contributed by atoms with Gasteiger partial charge < -0.3 is 14.2 Å². The Balaban J connectivity index is 2.34. The number of ketones is 1. The molecule has 2 rings (SSSR count). The molecule has 0 spiro atoms. The molecule has 0 aliphatic carbocycles. The van der Waals surface area contributed by atoms with Gasteiger partial charge >= 0.3 is 5.69 Å². The molecule has 0 amide bonds. The number of nitro groups is 1. The van der Waals surface area contributed by atoms with Gasteiger partial charge in [0.2, 0.25) is 11.5 Å². The molecule has 7 nitrogen and oxygen atoms in total. The lowest BCUT2D eigenvalue weighted by Gasteiger charge is -2.13. The highest BCUT2D eigenvalue weighted by atomic mass is 79.9. The highest BCUT2D eigenvalue weighted by molar-refractivity contribution is 9.10. The maximum Gasteiger partial charge on any atom is 0.356 e. The minimum absolute atomic E-state index is 0.0137. The van der Waals surface area contributed by atoms with Crippen LogP contribution in [0.1, 0.15) is 12.5 Å². The van der Waals surface area contributed by atoms with Crippen molar-refractivity contribution in [3.8, 4) is 17.2 Å². The van der Waals surface area contributed by atoms with E-state index < -0.39 is 22.2 Å². The van der Waals surface area contributed by atoms with Gasteiger partial charge in [-0.2, -0.15) is 0 Å². The number of halogens is 2. The van der Waals surface area contributed by atoms with E-state index in [0.717, 1.165) is 6.07 Å². The summed E-state index contributed by atoms with van der Waals surface area (Å²) in [6.45, 7) is 0.781. The number of ether oxygens (including phenoxy) is 3. The second-order valence-electron chi connectivity index (χ2n) is 5.23. The van der Waals surface area contributed by atoms with Gasteiger partial charge in [-0.05, 0) is 46.6 Å². The number of rotatable bonds is 8. The summed E-state index contributed by atoms with van der Waals surface area (Å²) >= 11 is 3.01. The fraction of sp³-hybridized carbons (Fsp3) is 0.235. The molecule has 26 heavy (non-hydrogen) atoms. The fourth-order valence-electron chi connectivity index (χ4n) is 2.06. The van der Waals surface area contributed by atoms with E-state index in [4.69, 9.17) is 14.2 Å². The van der Waals surface area contributed by atoms with Crippen molar-refractivity contribution in [2.75, 3.05) is 13.7 Å². The van der Waals surface area contributed by atoms with Crippen LogP contribution in [0.4, 0.5) is 10.1 Å². The molecule has 2 aromatic rings. The quantitative estimate of drug-likeness (QED) is 0.466. The van der Waals surface area contributed by atoms with Crippen molar-refractivity contribution < 1.29 is 28.3 Å². The van der Waals surface area contributed by atoms with Crippen LogP contribution in [0, 0.1) is 15.9 Å². The number of benzene rings is 2. The third kappa shape index (κ3) is 4.69. The van der Waals surface area contributed by atoms with E-state index in [0.29, 0.717) is 11.3 Å². The average molecular weight is 428 g/mol. The predicted molar refractivity (Wildman–Crippen MR) is 94.3 cm³/mol.